The Morgan fingerprint density at radius 3 is 2.38 bits per heavy atom. The van der Waals surface area contributed by atoms with E-state index >= 15 is 0 Å². The van der Waals surface area contributed by atoms with E-state index in [4.69, 9.17) is 11.6 Å². The van der Waals surface area contributed by atoms with Gasteiger partial charge in [-0.05, 0) is 36.2 Å². The SMILES string of the molecule is CCN(Cc1ccc(N(C)C)cc1)C(=O)c1nnc(Cl)s1. The van der Waals surface area contributed by atoms with Crippen LogP contribution in [-0.4, -0.2) is 41.6 Å². The lowest BCUT2D eigenvalue weighted by Crippen LogP contribution is -2.30. The molecule has 1 heterocycles. The van der Waals surface area contributed by atoms with Crippen LogP contribution in [0.5, 0.6) is 0 Å². The standard InChI is InChI=1S/C14H17ClN4OS/c1-4-19(13(20)12-16-17-14(15)21-12)9-10-5-7-11(8-6-10)18(2)3/h5-8H,4,9H2,1-3H3. The second kappa shape index (κ2) is 6.87. The molecule has 1 amide bonds. The lowest BCUT2D eigenvalue weighted by Gasteiger charge is -2.20. The van der Waals surface area contributed by atoms with Crippen LogP contribution in [0.3, 0.4) is 0 Å². The fourth-order valence-electron chi connectivity index (χ4n) is 1.87. The van der Waals surface area contributed by atoms with Gasteiger partial charge >= 0.3 is 0 Å². The summed E-state index contributed by atoms with van der Waals surface area (Å²) in [6.07, 6.45) is 0. The number of benzene rings is 1. The van der Waals surface area contributed by atoms with Crippen molar-refractivity contribution in [2.75, 3.05) is 25.5 Å². The summed E-state index contributed by atoms with van der Waals surface area (Å²) >= 11 is 6.83. The smallest absolute Gasteiger partial charge is 0.285 e. The molecule has 21 heavy (non-hydrogen) atoms. The summed E-state index contributed by atoms with van der Waals surface area (Å²) in [5, 5.41) is 7.80. The number of anilines is 1. The molecule has 2 aromatic rings. The highest BCUT2D eigenvalue weighted by Crippen LogP contribution is 2.18. The van der Waals surface area contributed by atoms with Crippen LogP contribution in [-0.2, 0) is 6.54 Å². The molecule has 0 unspecified atom stereocenters. The van der Waals surface area contributed by atoms with Gasteiger partial charge in [0.15, 0.2) is 0 Å². The maximum atomic E-state index is 12.3. The molecule has 112 valence electrons. The Labute approximate surface area is 133 Å². The monoisotopic (exact) mass is 324 g/mol. The molecule has 0 saturated heterocycles. The Hall–Kier alpha value is -1.66. The number of rotatable bonds is 5. The summed E-state index contributed by atoms with van der Waals surface area (Å²) in [5.41, 5.74) is 2.20. The number of nitrogens with zero attached hydrogens (tertiary/aromatic N) is 4. The van der Waals surface area contributed by atoms with Gasteiger partial charge in [0, 0.05) is 32.9 Å². The van der Waals surface area contributed by atoms with Gasteiger partial charge in [0.1, 0.15) is 0 Å². The first kappa shape index (κ1) is 15.7. The topological polar surface area (TPSA) is 49.3 Å². The summed E-state index contributed by atoms with van der Waals surface area (Å²) in [6, 6.07) is 8.13. The molecular weight excluding hydrogens is 308 g/mol. The first-order valence-electron chi connectivity index (χ1n) is 6.55. The average Bonchev–Trinajstić information content (AvgIpc) is 2.91. The number of hydrogen-bond donors (Lipinski definition) is 0. The number of hydrogen-bond acceptors (Lipinski definition) is 5. The van der Waals surface area contributed by atoms with Gasteiger partial charge in [0.2, 0.25) is 9.47 Å². The number of amides is 1. The van der Waals surface area contributed by atoms with Crippen molar-refractivity contribution in [3.05, 3.63) is 39.3 Å². The molecule has 1 aromatic carbocycles. The highest BCUT2D eigenvalue weighted by atomic mass is 35.5. The largest absolute Gasteiger partial charge is 0.378 e. The van der Waals surface area contributed by atoms with E-state index in [1.54, 1.807) is 4.90 Å². The van der Waals surface area contributed by atoms with Crippen LogP contribution in [0.1, 0.15) is 22.3 Å². The third-order valence-electron chi connectivity index (χ3n) is 3.08. The molecule has 2 rings (SSSR count). The van der Waals surface area contributed by atoms with Gasteiger partial charge in [-0.25, -0.2) is 0 Å². The number of carbonyl (C=O) groups is 1. The Bertz CT molecular complexity index is 612. The van der Waals surface area contributed by atoms with Crippen molar-refractivity contribution in [1.29, 1.82) is 0 Å². The maximum Gasteiger partial charge on any atom is 0.285 e. The van der Waals surface area contributed by atoms with Crippen molar-refractivity contribution in [2.24, 2.45) is 0 Å². The molecule has 0 spiro atoms. The van der Waals surface area contributed by atoms with Gasteiger partial charge in [0.25, 0.3) is 5.91 Å². The van der Waals surface area contributed by atoms with Gasteiger partial charge in [-0.3, -0.25) is 4.79 Å². The van der Waals surface area contributed by atoms with Crippen LogP contribution >= 0.6 is 22.9 Å². The van der Waals surface area contributed by atoms with E-state index in [0.29, 0.717) is 18.1 Å². The zero-order valence-corrected chi connectivity index (χ0v) is 13.8. The first-order chi connectivity index (χ1) is 10.0. The fourth-order valence-corrected chi connectivity index (χ4v) is 2.67. The number of halogens is 1. The van der Waals surface area contributed by atoms with E-state index in [1.165, 1.54) is 0 Å². The molecule has 5 nitrogen and oxygen atoms in total. The summed E-state index contributed by atoms with van der Waals surface area (Å²) in [6.45, 7) is 3.08. The quantitative estimate of drug-likeness (QED) is 0.848. The maximum absolute atomic E-state index is 12.3. The zero-order valence-electron chi connectivity index (χ0n) is 12.2. The second-order valence-corrected chi connectivity index (χ2v) is 6.30. The molecule has 0 radical (unpaired) electrons. The Morgan fingerprint density at radius 1 is 1.24 bits per heavy atom. The van der Waals surface area contributed by atoms with E-state index < -0.39 is 0 Å². The Kier molecular flexibility index (Phi) is 5.14. The molecule has 0 bridgehead atoms. The van der Waals surface area contributed by atoms with Gasteiger partial charge in [-0.2, -0.15) is 0 Å². The van der Waals surface area contributed by atoms with Crippen molar-refractivity contribution >= 4 is 34.5 Å². The van der Waals surface area contributed by atoms with Crippen molar-refractivity contribution in [3.8, 4) is 0 Å². The van der Waals surface area contributed by atoms with E-state index in [0.717, 1.165) is 22.6 Å². The van der Waals surface area contributed by atoms with E-state index in [9.17, 15) is 4.79 Å². The first-order valence-corrected chi connectivity index (χ1v) is 7.75. The summed E-state index contributed by atoms with van der Waals surface area (Å²) in [5.74, 6) is -0.140. The number of aromatic nitrogens is 2. The minimum Gasteiger partial charge on any atom is -0.378 e. The van der Waals surface area contributed by atoms with E-state index in [2.05, 4.69) is 10.2 Å². The average molecular weight is 325 g/mol. The summed E-state index contributed by atoms with van der Waals surface area (Å²) in [4.78, 5) is 16.1. The highest BCUT2D eigenvalue weighted by molar-refractivity contribution is 7.17. The van der Waals surface area contributed by atoms with E-state index in [-0.39, 0.29) is 10.4 Å². The Balaban J connectivity index is 2.10. The third-order valence-corrected chi connectivity index (χ3v) is 4.09. The van der Waals surface area contributed by atoms with Gasteiger partial charge in [-0.15, -0.1) is 10.2 Å². The van der Waals surface area contributed by atoms with Crippen LogP contribution in [0.25, 0.3) is 0 Å². The van der Waals surface area contributed by atoms with Crippen molar-refractivity contribution < 1.29 is 4.79 Å². The van der Waals surface area contributed by atoms with Crippen LogP contribution in [0, 0.1) is 0 Å². The molecule has 0 N–H and O–H groups in total. The predicted molar refractivity (Wildman–Crippen MR) is 86.1 cm³/mol. The van der Waals surface area contributed by atoms with Gasteiger partial charge in [0.05, 0.1) is 0 Å². The minimum absolute atomic E-state index is 0.140. The second-order valence-electron chi connectivity index (χ2n) is 4.74. The minimum atomic E-state index is -0.140. The zero-order chi connectivity index (χ0) is 15.4. The summed E-state index contributed by atoms with van der Waals surface area (Å²) < 4.78 is 0.282. The molecule has 0 atom stereocenters. The molecule has 0 aliphatic heterocycles. The molecule has 0 aliphatic rings. The van der Waals surface area contributed by atoms with Crippen molar-refractivity contribution in [1.82, 2.24) is 15.1 Å². The molecule has 0 saturated carbocycles. The van der Waals surface area contributed by atoms with Crippen molar-refractivity contribution in [3.63, 3.8) is 0 Å². The van der Waals surface area contributed by atoms with Crippen LogP contribution in [0.15, 0.2) is 24.3 Å². The molecular formula is C14H17ClN4OS. The number of carbonyl (C=O) groups excluding carboxylic acids is 1. The predicted octanol–water partition coefficient (Wildman–Crippen LogP) is 2.92. The fraction of sp³-hybridized carbons (Fsp3) is 0.357. The highest BCUT2D eigenvalue weighted by Gasteiger charge is 2.19. The van der Waals surface area contributed by atoms with Crippen LogP contribution in [0.2, 0.25) is 4.47 Å². The lowest BCUT2D eigenvalue weighted by molar-refractivity contribution is 0.0751. The van der Waals surface area contributed by atoms with Crippen LogP contribution < -0.4 is 4.90 Å². The van der Waals surface area contributed by atoms with E-state index in [1.807, 2.05) is 50.2 Å². The molecule has 7 heteroatoms. The van der Waals surface area contributed by atoms with Crippen molar-refractivity contribution in [2.45, 2.75) is 13.5 Å². The Morgan fingerprint density at radius 2 is 1.90 bits per heavy atom. The molecule has 0 fully saturated rings. The van der Waals surface area contributed by atoms with Crippen LogP contribution in [0.4, 0.5) is 5.69 Å². The third kappa shape index (κ3) is 3.92. The summed E-state index contributed by atoms with van der Waals surface area (Å²) in [7, 11) is 3.99. The molecule has 0 aliphatic carbocycles. The lowest BCUT2D eigenvalue weighted by atomic mass is 10.2. The van der Waals surface area contributed by atoms with Gasteiger partial charge < -0.3 is 9.80 Å². The normalized spacial score (nSPS) is 10.5. The molecule has 1 aromatic heterocycles. The van der Waals surface area contributed by atoms with Gasteiger partial charge in [-0.1, -0.05) is 23.5 Å².